The minimum absolute atomic E-state index is 0.288. The van der Waals surface area contributed by atoms with Crippen LogP contribution in [0.3, 0.4) is 0 Å². The number of amides is 1. The van der Waals surface area contributed by atoms with Crippen LogP contribution in [0.2, 0.25) is 0 Å². The summed E-state index contributed by atoms with van der Waals surface area (Å²) in [4.78, 5) is 11.5. The third kappa shape index (κ3) is 4.72. The zero-order valence-electron chi connectivity index (χ0n) is 10.7. The smallest absolute Gasteiger partial charge is 0.407 e. The molecule has 1 saturated heterocycles. The third-order valence-electron chi connectivity index (χ3n) is 2.51. The van der Waals surface area contributed by atoms with Gasteiger partial charge in [-0.1, -0.05) is 0 Å². The third-order valence-corrected chi connectivity index (χ3v) is 2.51. The SMILES string of the molecule is CC(C)(C)OC(=O)N[C@H]1CCCN[C@H]1C(F)(F)F. The van der Waals surface area contributed by atoms with Gasteiger partial charge in [0.05, 0.1) is 6.04 Å². The molecule has 1 aliphatic rings. The van der Waals surface area contributed by atoms with Crippen LogP contribution in [0, 0.1) is 0 Å². The summed E-state index contributed by atoms with van der Waals surface area (Å²) in [6, 6.07) is -2.69. The lowest BCUT2D eigenvalue weighted by Gasteiger charge is -2.34. The number of piperidine rings is 1. The molecule has 0 aromatic heterocycles. The number of rotatable bonds is 1. The van der Waals surface area contributed by atoms with Crippen molar-refractivity contribution in [2.45, 2.75) is 57.5 Å². The number of carbonyl (C=O) groups is 1. The van der Waals surface area contributed by atoms with E-state index in [1.165, 1.54) is 0 Å². The van der Waals surface area contributed by atoms with Gasteiger partial charge in [-0.25, -0.2) is 4.79 Å². The van der Waals surface area contributed by atoms with Crippen LogP contribution < -0.4 is 10.6 Å². The molecule has 0 saturated carbocycles. The minimum atomic E-state index is -4.37. The molecule has 0 aromatic rings. The summed E-state index contributed by atoms with van der Waals surface area (Å²) < 4.78 is 43.1. The van der Waals surface area contributed by atoms with Crippen LogP contribution in [0.15, 0.2) is 0 Å². The quantitative estimate of drug-likeness (QED) is 0.766. The zero-order valence-corrected chi connectivity index (χ0v) is 10.7. The summed E-state index contributed by atoms with van der Waals surface area (Å²) in [5, 5.41) is 4.67. The van der Waals surface area contributed by atoms with E-state index in [1.807, 2.05) is 0 Å². The van der Waals surface area contributed by atoms with E-state index in [4.69, 9.17) is 4.74 Å². The Balaban J connectivity index is 2.60. The average molecular weight is 268 g/mol. The van der Waals surface area contributed by atoms with Gasteiger partial charge in [-0.2, -0.15) is 13.2 Å². The maximum absolute atomic E-state index is 12.7. The van der Waals surface area contributed by atoms with E-state index in [0.717, 1.165) is 0 Å². The Kier molecular flexibility index (Phi) is 4.47. The van der Waals surface area contributed by atoms with Crippen LogP contribution in [0.25, 0.3) is 0 Å². The second-order valence-electron chi connectivity index (χ2n) is 5.37. The lowest BCUT2D eigenvalue weighted by atomic mass is 9.98. The molecule has 1 amide bonds. The number of carbonyl (C=O) groups excluding carboxylic acids is 1. The van der Waals surface area contributed by atoms with Gasteiger partial charge in [-0.15, -0.1) is 0 Å². The number of halogens is 3. The molecule has 0 aromatic carbocycles. The Morgan fingerprint density at radius 3 is 2.44 bits per heavy atom. The van der Waals surface area contributed by atoms with Crippen molar-refractivity contribution in [1.29, 1.82) is 0 Å². The van der Waals surface area contributed by atoms with Gasteiger partial charge in [0.25, 0.3) is 0 Å². The monoisotopic (exact) mass is 268 g/mol. The number of alkyl carbamates (subject to hydrolysis) is 1. The fourth-order valence-electron chi connectivity index (χ4n) is 1.85. The minimum Gasteiger partial charge on any atom is -0.444 e. The lowest BCUT2D eigenvalue weighted by molar-refractivity contribution is -0.165. The van der Waals surface area contributed by atoms with E-state index in [-0.39, 0.29) is 6.42 Å². The average Bonchev–Trinajstić information content (AvgIpc) is 2.13. The second kappa shape index (κ2) is 5.34. The first kappa shape index (κ1) is 15.1. The number of nitrogens with one attached hydrogen (secondary N) is 2. The predicted octanol–water partition coefficient (Wildman–Crippen LogP) is 2.19. The first-order chi connectivity index (χ1) is 8.09. The van der Waals surface area contributed by atoms with E-state index in [9.17, 15) is 18.0 Å². The van der Waals surface area contributed by atoms with E-state index in [2.05, 4.69) is 10.6 Å². The van der Waals surface area contributed by atoms with Crippen molar-refractivity contribution < 1.29 is 22.7 Å². The van der Waals surface area contributed by atoms with Crippen LogP contribution in [0.4, 0.5) is 18.0 Å². The first-order valence-electron chi connectivity index (χ1n) is 5.89. The van der Waals surface area contributed by atoms with Crippen LogP contribution in [-0.2, 0) is 4.74 Å². The van der Waals surface area contributed by atoms with Crippen LogP contribution in [0.1, 0.15) is 33.6 Å². The summed E-state index contributed by atoms with van der Waals surface area (Å²) in [6.07, 6.45) is -4.31. The Morgan fingerprint density at radius 1 is 1.33 bits per heavy atom. The molecule has 0 radical (unpaired) electrons. The fraction of sp³-hybridized carbons (Fsp3) is 0.909. The maximum atomic E-state index is 12.7. The number of alkyl halides is 3. The summed E-state index contributed by atoms with van der Waals surface area (Å²) >= 11 is 0. The predicted molar refractivity (Wildman–Crippen MR) is 60.2 cm³/mol. The molecule has 4 nitrogen and oxygen atoms in total. The highest BCUT2D eigenvalue weighted by atomic mass is 19.4. The topological polar surface area (TPSA) is 50.4 Å². The van der Waals surface area contributed by atoms with Gasteiger partial charge < -0.3 is 15.4 Å². The molecule has 18 heavy (non-hydrogen) atoms. The summed E-state index contributed by atoms with van der Waals surface area (Å²) in [7, 11) is 0. The molecule has 7 heteroatoms. The molecule has 0 bridgehead atoms. The molecular weight excluding hydrogens is 249 g/mol. The van der Waals surface area contributed by atoms with Crippen molar-refractivity contribution in [2.75, 3.05) is 6.54 Å². The van der Waals surface area contributed by atoms with E-state index < -0.39 is 30.0 Å². The summed E-state index contributed by atoms with van der Waals surface area (Å²) in [6.45, 7) is 5.28. The van der Waals surface area contributed by atoms with Crippen molar-refractivity contribution in [3.63, 3.8) is 0 Å². The lowest BCUT2D eigenvalue weighted by Crippen LogP contribution is -2.60. The van der Waals surface area contributed by atoms with Crippen LogP contribution >= 0.6 is 0 Å². The van der Waals surface area contributed by atoms with Gasteiger partial charge in [0.1, 0.15) is 11.6 Å². The fourth-order valence-corrected chi connectivity index (χ4v) is 1.85. The molecule has 1 heterocycles. The van der Waals surface area contributed by atoms with Gasteiger partial charge in [-0.05, 0) is 40.2 Å². The molecule has 2 atom stereocenters. The van der Waals surface area contributed by atoms with Gasteiger partial charge in [0.2, 0.25) is 0 Å². The molecule has 0 spiro atoms. The van der Waals surface area contributed by atoms with Gasteiger partial charge in [0.15, 0.2) is 0 Å². The molecular formula is C11H19F3N2O2. The highest BCUT2D eigenvalue weighted by Crippen LogP contribution is 2.26. The molecule has 1 aliphatic heterocycles. The first-order valence-corrected chi connectivity index (χ1v) is 5.89. The largest absolute Gasteiger partial charge is 0.444 e. The maximum Gasteiger partial charge on any atom is 0.407 e. The normalized spacial score (nSPS) is 25.7. The molecule has 0 unspecified atom stereocenters. The number of hydrogen-bond acceptors (Lipinski definition) is 3. The van der Waals surface area contributed by atoms with E-state index >= 15 is 0 Å². The van der Waals surface area contributed by atoms with E-state index in [1.54, 1.807) is 20.8 Å². The van der Waals surface area contributed by atoms with Crippen molar-refractivity contribution in [3.8, 4) is 0 Å². The van der Waals surface area contributed by atoms with Crippen molar-refractivity contribution in [3.05, 3.63) is 0 Å². The Bertz CT molecular complexity index is 300. The van der Waals surface area contributed by atoms with Gasteiger partial charge >= 0.3 is 12.3 Å². The van der Waals surface area contributed by atoms with Gasteiger partial charge in [-0.3, -0.25) is 0 Å². The standard InChI is InChI=1S/C11H19F3N2O2/c1-10(2,3)18-9(17)16-7-5-4-6-15-8(7)11(12,13)14/h7-8,15H,4-6H2,1-3H3,(H,16,17)/t7-,8+/m0/s1. The number of ether oxygens (including phenoxy) is 1. The number of hydrogen-bond donors (Lipinski definition) is 2. The van der Waals surface area contributed by atoms with Crippen LogP contribution in [0.5, 0.6) is 0 Å². The summed E-state index contributed by atoms with van der Waals surface area (Å²) in [5.74, 6) is 0. The Hall–Kier alpha value is -0.980. The Labute approximate surface area is 104 Å². The highest BCUT2D eigenvalue weighted by Gasteiger charge is 2.46. The van der Waals surface area contributed by atoms with Gasteiger partial charge in [0, 0.05) is 0 Å². The molecule has 1 fully saturated rings. The molecule has 1 rings (SSSR count). The zero-order chi connectivity index (χ0) is 14.0. The second-order valence-corrected chi connectivity index (χ2v) is 5.37. The Morgan fingerprint density at radius 2 is 1.94 bits per heavy atom. The van der Waals surface area contributed by atoms with Crippen LogP contribution in [-0.4, -0.2) is 36.5 Å². The van der Waals surface area contributed by atoms with Crippen molar-refractivity contribution >= 4 is 6.09 Å². The molecule has 106 valence electrons. The highest BCUT2D eigenvalue weighted by molar-refractivity contribution is 5.68. The summed E-state index contributed by atoms with van der Waals surface area (Å²) in [5.41, 5.74) is -0.722. The molecule has 2 N–H and O–H groups in total. The molecule has 0 aliphatic carbocycles. The van der Waals surface area contributed by atoms with E-state index in [0.29, 0.717) is 13.0 Å². The van der Waals surface area contributed by atoms with Crippen molar-refractivity contribution in [2.24, 2.45) is 0 Å². The van der Waals surface area contributed by atoms with Crippen molar-refractivity contribution in [1.82, 2.24) is 10.6 Å².